The van der Waals surface area contributed by atoms with Crippen molar-refractivity contribution in [3.05, 3.63) is 36.0 Å². The van der Waals surface area contributed by atoms with E-state index in [0.29, 0.717) is 12.4 Å². The van der Waals surface area contributed by atoms with Gasteiger partial charge in [0.25, 0.3) is 0 Å². The standard InChI is InChI=1S/C22H29N5O/c1-3-18(4-2)27-20(28)14-16-15-23-22(25-21(16)27)24-17-8-10-19(11-9-17)26-12-6-5-7-13-26/h8-11,15,18H,3-7,12-14H2,1-2H3,(H,23,24,25). The summed E-state index contributed by atoms with van der Waals surface area (Å²) in [7, 11) is 0. The molecule has 0 radical (unpaired) electrons. The number of hydrogen-bond acceptors (Lipinski definition) is 5. The van der Waals surface area contributed by atoms with E-state index < -0.39 is 0 Å². The van der Waals surface area contributed by atoms with Crippen molar-refractivity contribution in [1.29, 1.82) is 0 Å². The van der Waals surface area contributed by atoms with Crippen LogP contribution in [-0.4, -0.2) is 35.0 Å². The molecule has 1 aromatic carbocycles. The van der Waals surface area contributed by atoms with E-state index in [-0.39, 0.29) is 11.9 Å². The molecule has 6 heteroatoms. The average Bonchev–Trinajstić information content (AvgIpc) is 3.06. The van der Waals surface area contributed by atoms with Crippen molar-refractivity contribution < 1.29 is 4.79 Å². The third kappa shape index (κ3) is 3.68. The van der Waals surface area contributed by atoms with Gasteiger partial charge in [-0.3, -0.25) is 9.69 Å². The number of aromatic nitrogens is 2. The van der Waals surface area contributed by atoms with Crippen LogP contribution in [0.1, 0.15) is 51.5 Å². The van der Waals surface area contributed by atoms with Gasteiger partial charge in [0.15, 0.2) is 0 Å². The molecule has 0 atom stereocenters. The minimum absolute atomic E-state index is 0.126. The first-order chi connectivity index (χ1) is 13.7. The number of benzene rings is 1. The van der Waals surface area contributed by atoms with Gasteiger partial charge < -0.3 is 10.2 Å². The van der Waals surface area contributed by atoms with E-state index in [0.717, 1.165) is 43.0 Å². The first-order valence-electron chi connectivity index (χ1n) is 10.5. The van der Waals surface area contributed by atoms with Gasteiger partial charge in [0, 0.05) is 42.3 Å². The van der Waals surface area contributed by atoms with Gasteiger partial charge in [0.1, 0.15) is 5.82 Å². The van der Waals surface area contributed by atoms with E-state index in [1.165, 1.54) is 24.9 Å². The first kappa shape index (κ1) is 18.7. The fraction of sp³-hybridized carbons (Fsp3) is 0.500. The topological polar surface area (TPSA) is 61.4 Å². The summed E-state index contributed by atoms with van der Waals surface area (Å²) >= 11 is 0. The molecule has 1 fully saturated rings. The van der Waals surface area contributed by atoms with Crippen LogP contribution in [0.4, 0.5) is 23.1 Å². The first-order valence-corrected chi connectivity index (χ1v) is 10.5. The van der Waals surface area contributed by atoms with Crippen LogP contribution in [0.25, 0.3) is 0 Å². The van der Waals surface area contributed by atoms with Gasteiger partial charge in [-0.1, -0.05) is 13.8 Å². The maximum atomic E-state index is 12.5. The van der Waals surface area contributed by atoms with E-state index in [4.69, 9.17) is 0 Å². The van der Waals surface area contributed by atoms with Crippen molar-refractivity contribution in [2.75, 3.05) is 28.2 Å². The van der Waals surface area contributed by atoms with Crippen LogP contribution in [0.15, 0.2) is 30.5 Å². The highest BCUT2D eigenvalue weighted by molar-refractivity contribution is 6.00. The molecule has 1 amide bonds. The second-order valence-corrected chi connectivity index (χ2v) is 7.67. The quantitative estimate of drug-likeness (QED) is 0.811. The van der Waals surface area contributed by atoms with E-state index >= 15 is 0 Å². The van der Waals surface area contributed by atoms with Crippen molar-refractivity contribution in [2.24, 2.45) is 0 Å². The summed E-state index contributed by atoms with van der Waals surface area (Å²) in [6.07, 6.45) is 7.91. The smallest absolute Gasteiger partial charge is 0.233 e. The van der Waals surface area contributed by atoms with Crippen LogP contribution in [0, 0.1) is 0 Å². The molecule has 4 rings (SSSR count). The van der Waals surface area contributed by atoms with E-state index in [2.05, 4.69) is 58.3 Å². The summed E-state index contributed by atoms with van der Waals surface area (Å²) in [6, 6.07) is 8.65. The number of piperidine rings is 1. The summed E-state index contributed by atoms with van der Waals surface area (Å²) in [5, 5.41) is 3.30. The zero-order valence-corrected chi connectivity index (χ0v) is 16.8. The molecule has 0 bridgehead atoms. The average molecular weight is 380 g/mol. The molecule has 0 spiro atoms. The molecule has 3 heterocycles. The lowest BCUT2D eigenvalue weighted by atomic mass is 10.1. The lowest BCUT2D eigenvalue weighted by Crippen LogP contribution is -2.37. The van der Waals surface area contributed by atoms with Crippen molar-refractivity contribution in [3.8, 4) is 0 Å². The van der Waals surface area contributed by atoms with E-state index in [9.17, 15) is 4.79 Å². The van der Waals surface area contributed by atoms with Crippen LogP contribution in [0.2, 0.25) is 0 Å². The lowest BCUT2D eigenvalue weighted by Gasteiger charge is -2.28. The summed E-state index contributed by atoms with van der Waals surface area (Å²) in [4.78, 5) is 25.9. The highest BCUT2D eigenvalue weighted by Crippen LogP contribution is 2.31. The van der Waals surface area contributed by atoms with Gasteiger partial charge in [0.05, 0.1) is 6.42 Å². The summed E-state index contributed by atoms with van der Waals surface area (Å²) in [5.74, 6) is 1.43. The maximum Gasteiger partial charge on any atom is 0.233 e. The molecule has 148 valence electrons. The molecule has 2 aromatic rings. The number of fused-ring (bicyclic) bond motifs is 1. The fourth-order valence-corrected chi connectivity index (χ4v) is 4.22. The van der Waals surface area contributed by atoms with E-state index in [1.807, 2.05) is 4.90 Å². The van der Waals surface area contributed by atoms with Gasteiger partial charge in [-0.2, -0.15) is 4.98 Å². The van der Waals surface area contributed by atoms with Crippen LogP contribution in [0.5, 0.6) is 0 Å². The molecule has 1 aromatic heterocycles. The zero-order valence-electron chi connectivity index (χ0n) is 16.8. The van der Waals surface area contributed by atoms with Crippen molar-refractivity contribution >= 4 is 29.0 Å². The van der Waals surface area contributed by atoms with Gasteiger partial charge >= 0.3 is 0 Å². The van der Waals surface area contributed by atoms with E-state index in [1.54, 1.807) is 6.20 Å². The Morgan fingerprint density at radius 1 is 1.07 bits per heavy atom. The molecule has 28 heavy (non-hydrogen) atoms. The number of rotatable bonds is 6. The van der Waals surface area contributed by atoms with Crippen molar-refractivity contribution in [1.82, 2.24) is 9.97 Å². The number of nitrogens with zero attached hydrogens (tertiary/aromatic N) is 4. The Kier molecular flexibility index (Phi) is 5.46. The van der Waals surface area contributed by atoms with Gasteiger partial charge in [0.2, 0.25) is 11.9 Å². The number of hydrogen-bond donors (Lipinski definition) is 1. The minimum Gasteiger partial charge on any atom is -0.372 e. The second kappa shape index (κ2) is 8.17. The molecule has 0 unspecified atom stereocenters. The van der Waals surface area contributed by atoms with Crippen LogP contribution < -0.4 is 15.1 Å². The highest BCUT2D eigenvalue weighted by Gasteiger charge is 2.33. The Balaban J connectivity index is 1.51. The van der Waals surface area contributed by atoms with Crippen LogP contribution in [0.3, 0.4) is 0 Å². The highest BCUT2D eigenvalue weighted by atomic mass is 16.2. The molecular formula is C22H29N5O. The Morgan fingerprint density at radius 2 is 1.79 bits per heavy atom. The second-order valence-electron chi connectivity index (χ2n) is 7.67. The SMILES string of the molecule is CCC(CC)N1C(=O)Cc2cnc(Nc3ccc(N4CCCCC4)cc3)nc21. The van der Waals surface area contributed by atoms with Gasteiger partial charge in [-0.25, -0.2) is 4.98 Å². The molecule has 2 aliphatic heterocycles. The molecule has 0 aliphatic carbocycles. The van der Waals surface area contributed by atoms with Crippen molar-refractivity contribution in [2.45, 2.75) is 58.4 Å². The summed E-state index contributed by atoms with van der Waals surface area (Å²) in [5.41, 5.74) is 3.15. The molecule has 2 aliphatic rings. The zero-order chi connectivity index (χ0) is 19.5. The Morgan fingerprint density at radius 3 is 2.46 bits per heavy atom. The predicted octanol–water partition coefficient (Wildman–Crippen LogP) is 4.29. The lowest BCUT2D eigenvalue weighted by molar-refractivity contribution is -0.117. The van der Waals surface area contributed by atoms with Crippen LogP contribution >= 0.6 is 0 Å². The largest absolute Gasteiger partial charge is 0.372 e. The normalized spacial score (nSPS) is 16.6. The maximum absolute atomic E-state index is 12.5. The number of amides is 1. The number of anilines is 4. The monoisotopic (exact) mass is 379 g/mol. The fourth-order valence-electron chi connectivity index (χ4n) is 4.22. The Labute approximate surface area is 167 Å². The predicted molar refractivity (Wildman–Crippen MR) is 113 cm³/mol. The third-order valence-electron chi connectivity index (χ3n) is 5.83. The molecule has 0 saturated carbocycles. The molecule has 1 N–H and O–H groups in total. The number of nitrogens with one attached hydrogen (secondary N) is 1. The third-order valence-corrected chi connectivity index (χ3v) is 5.83. The Hall–Kier alpha value is -2.63. The summed E-state index contributed by atoms with van der Waals surface area (Å²) < 4.78 is 0. The van der Waals surface area contributed by atoms with Gasteiger partial charge in [-0.05, 0) is 56.4 Å². The molecule has 1 saturated heterocycles. The summed E-state index contributed by atoms with van der Waals surface area (Å²) in [6.45, 7) is 6.51. The van der Waals surface area contributed by atoms with Crippen LogP contribution in [-0.2, 0) is 11.2 Å². The minimum atomic E-state index is 0.126. The Bertz CT molecular complexity index is 825. The molecular weight excluding hydrogens is 350 g/mol. The number of carbonyl (C=O) groups is 1. The number of carbonyl (C=O) groups excluding carboxylic acids is 1. The van der Waals surface area contributed by atoms with Crippen molar-refractivity contribution in [3.63, 3.8) is 0 Å². The van der Waals surface area contributed by atoms with Gasteiger partial charge in [-0.15, -0.1) is 0 Å². The molecule has 6 nitrogen and oxygen atoms in total.